The standard InChI is InChI=1S/C9H13N5S/c1-2-10-5-8-6-14(13-12-8)7-9-11-3-4-15-9/h3-4,6,10H,2,5,7H2,1H3. The van der Waals surface area contributed by atoms with Crippen LogP contribution >= 0.6 is 11.3 Å². The van der Waals surface area contributed by atoms with Crippen molar-refractivity contribution in [1.29, 1.82) is 0 Å². The van der Waals surface area contributed by atoms with Crippen molar-refractivity contribution in [3.63, 3.8) is 0 Å². The summed E-state index contributed by atoms with van der Waals surface area (Å²) in [7, 11) is 0. The van der Waals surface area contributed by atoms with Crippen molar-refractivity contribution in [2.24, 2.45) is 0 Å². The Labute approximate surface area is 92.2 Å². The maximum atomic E-state index is 4.20. The number of nitrogens with zero attached hydrogens (tertiary/aromatic N) is 4. The Bertz CT molecular complexity index is 394. The molecule has 6 heteroatoms. The van der Waals surface area contributed by atoms with Crippen LogP contribution in [-0.2, 0) is 13.1 Å². The fraction of sp³-hybridized carbons (Fsp3) is 0.444. The van der Waals surface area contributed by atoms with Gasteiger partial charge in [0.1, 0.15) is 5.01 Å². The number of rotatable bonds is 5. The highest BCUT2D eigenvalue weighted by Gasteiger charge is 2.01. The van der Waals surface area contributed by atoms with Gasteiger partial charge in [0, 0.05) is 18.1 Å². The van der Waals surface area contributed by atoms with Crippen LogP contribution in [0.25, 0.3) is 0 Å². The van der Waals surface area contributed by atoms with Gasteiger partial charge >= 0.3 is 0 Å². The first-order chi connectivity index (χ1) is 7.38. The summed E-state index contributed by atoms with van der Waals surface area (Å²) in [6, 6.07) is 0. The number of thiazole rings is 1. The quantitative estimate of drug-likeness (QED) is 0.818. The molecular formula is C9H13N5S. The molecule has 0 unspecified atom stereocenters. The van der Waals surface area contributed by atoms with E-state index in [1.165, 1.54) is 0 Å². The van der Waals surface area contributed by atoms with Gasteiger partial charge in [-0.1, -0.05) is 12.1 Å². The summed E-state index contributed by atoms with van der Waals surface area (Å²) in [6.45, 7) is 4.49. The summed E-state index contributed by atoms with van der Waals surface area (Å²) >= 11 is 1.63. The number of hydrogen-bond acceptors (Lipinski definition) is 5. The van der Waals surface area contributed by atoms with E-state index < -0.39 is 0 Å². The zero-order chi connectivity index (χ0) is 10.5. The van der Waals surface area contributed by atoms with Gasteiger partial charge in [0.25, 0.3) is 0 Å². The molecule has 15 heavy (non-hydrogen) atoms. The van der Waals surface area contributed by atoms with Crippen molar-refractivity contribution in [3.05, 3.63) is 28.5 Å². The summed E-state index contributed by atoms with van der Waals surface area (Å²) in [5.74, 6) is 0. The molecule has 0 aliphatic rings. The fourth-order valence-corrected chi connectivity index (χ4v) is 1.83. The van der Waals surface area contributed by atoms with Crippen LogP contribution in [-0.4, -0.2) is 26.5 Å². The van der Waals surface area contributed by atoms with Gasteiger partial charge in [-0.2, -0.15) is 0 Å². The van der Waals surface area contributed by atoms with Crippen molar-refractivity contribution in [1.82, 2.24) is 25.3 Å². The molecule has 0 aliphatic heterocycles. The third kappa shape index (κ3) is 2.84. The van der Waals surface area contributed by atoms with E-state index in [1.54, 1.807) is 17.5 Å². The molecule has 0 aromatic carbocycles. The number of aromatic nitrogens is 4. The zero-order valence-electron chi connectivity index (χ0n) is 8.55. The predicted octanol–water partition coefficient (Wildman–Crippen LogP) is 0.892. The lowest BCUT2D eigenvalue weighted by Crippen LogP contribution is -2.11. The molecule has 1 N–H and O–H groups in total. The molecule has 2 aromatic heterocycles. The van der Waals surface area contributed by atoms with Gasteiger partial charge in [0.15, 0.2) is 0 Å². The van der Waals surface area contributed by atoms with Crippen LogP contribution in [0.1, 0.15) is 17.6 Å². The van der Waals surface area contributed by atoms with Gasteiger partial charge in [0.05, 0.1) is 18.4 Å². The van der Waals surface area contributed by atoms with Gasteiger partial charge in [-0.25, -0.2) is 9.67 Å². The lowest BCUT2D eigenvalue weighted by atomic mass is 10.4. The Hall–Kier alpha value is -1.27. The van der Waals surface area contributed by atoms with Crippen LogP contribution in [0.5, 0.6) is 0 Å². The molecule has 0 spiro atoms. The van der Waals surface area contributed by atoms with Gasteiger partial charge in [-0.3, -0.25) is 0 Å². The average molecular weight is 223 g/mol. The van der Waals surface area contributed by atoms with Crippen molar-refractivity contribution >= 4 is 11.3 Å². The number of nitrogens with one attached hydrogen (secondary N) is 1. The van der Waals surface area contributed by atoms with E-state index in [1.807, 2.05) is 16.3 Å². The van der Waals surface area contributed by atoms with Crippen molar-refractivity contribution in [3.8, 4) is 0 Å². The van der Waals surface area contributed by atoms with Gasteiger partial charge in [-0.05, 0) is 6.54 Å². The summed E-state index contributed by atoms with van der Waals surface area (Å²) < 4.78 is 1.81. The molecular weight excluding hydrogens is 210 g/mol. The number of hydrogen-bond donors (Lipinski definition) is 1. The van der Waals surface area contributed by atoms with E-state index >= 15 is 0 Å². The van der Waals surface area contributed by atoms with Gasteiger partial charge in [-0.15, -0.1) is 16.4 Å². The van der Waals surface area contributed by atoms with Crippen molar-refractivity contribution in [2.45, 2.75) is 20.0 Å². The van der Waals surface area contributed by atoms with E-state index in [0.717, 1.165) is 23.8 Å². The highest BCUT2D eigenvalue weighted by Crippen LogP contribution is 2.05. The molecule has 80 valence electrons. The van der Waals surface area contributed by atoms with Crippen LogP contribution in [0.4, 0.5) is 0 Å². The SMILES string of the molecule is CCNCc1cn(Cc2nccs2)nn1. The van der Waals surface area contributed by atoms with Crippen molar-refractivity contribution in [2.75, 3.05) is 6.54 Å². The minimum absolute atomic E-state index is 0.705. The zero-order valence-corrected chi connectivity index (χ0v) is 9.37. The van der Waals surface area contributed by atoms with Crippen LogP contribution < -0.4 is 5.32 Å². The van der Waals surface area contributed by atoms with E-state index in [2.05, 4.69) is 27.5 Å². The summed E-state index contributed by atoms with van der Waals surface area (Å²) in [5, 5.41) is 14.3. The monoisotopic (exact) mass is 223 g/mol. The largest absolute Gasteiger partial charge is 0.311 e. The van der Waals surface area contributed by atoms with Crippen LogP contribution in [0.2, 0.25) is 0 Å². The molecule has 0 saturated heterocycles. The maximum Gasteiger partial charge on any atom is 0.114 e. The molecule has 5 nitrogen and oxygen atoms in total. The van der Waals surface area contributed by atoms with Crippen LogP contribution in [0, 0.1) is 0 Å². The molecule has 0 fully saturated rings. The second kappa shape index (κ2) is 4.99. The Morgan fingerprint density at radius 2 is 2.47 bits per heavy atom. The molecule has 0 atom stereocenters. The predicted molar refractivity (Wildman–Crippen MR) is 58.6 cm³/mol. The normalized spacial score (nSPS) is 10.7. The summed E-state index contributed by atoms with van der Waals surface area (Å²) in [6.07, 6.45) is 3.75. The maximum absolute atomic E-state index is 4.20. The van der Waals surface area contributed by atoms with E-state index in [9.17, 15) is 0 Å². The Morgan fingerprint density at radius 1 is 1.53 bits per heavy atom. The third-order valence-electron chi connectivity index (χ3n) is 1.92. The second-order valence-electron chi connectivity index (χ2n) is 3.11. The molecule has 0 aliphatic carbocycles. The van der Waals surface area contributed by atoms with Gasteiger partial charge in [0.2, 0.25) is 0 Å². The smallest absolute Gasteiger partial charge is 0.114 e. The Balaban J connectivity index is 1.95. The lowest BCUT2D eigenvalue weighted by molar-refractivity contribution is 0.645. The Morgan fingerprint density at radius 3 is 3.20 bits per heavy atom. The average Bonchev–Trinajstić information content (AvgIpc) is 2.87. The van der Waals surface area contributed by atoms with E-state index in [4.69, 9.17) is 0 Å². The lowest BCUT2D eigenvalue weighted by Gasteiger charge is -1.95. The minimum atomic E-state index is 0.705. The molecule has 0 radical (unpaired) electrons. The van der Waals surface area contributed by atoms with Crippen LogP contribution in [0.3, 0.4) is 0 Å². The molecule has 2 aromatic rings. The second-order valence-corrected chi connectivity index (χ2v) is 4.09. The first-order valence-electron chi connectivity index (χ1n) is 4.86. The summed E-state index contributed by atoms with van der Waals surface area (Å²) in [5.41, 5.74) is 0.966. The molecule has 0 saturated carbocycles. The molecule has 0 bridgehead atoms. The van der Waals surface area contributed by atoms with Crippen LogP contribution in [0.15, 0.2) is 17.8 Å². The molecule has 0 amide bonds. The third-order valence-corrected chi connectivity index (χ3v) is 2.69. The van der Waals surface area contributed by atoms with Crippen molar-refractivity contribution < 1.29 is 0 Å². The van der Waals surface area contributed by atoms with Gasteiger partial charge < -0.3 is 5.32 Å². The van der Waals surface area contributed by atoms with E-state index in [0.29, 0.717) is 6.54 Å². The highest BCUT2D eigenvalue weighted by atomic mass is 32.1. The first kappa shape index (κ1) is 10.3. The molecule has 2 heterocycles. The van der Waals surface area contributed by atoms with E-state index in [-0.39, 0.29) is 0 Å². The summed E-state index contributed by atoms with van der Waals surface area (Å²) in [4.78, 5) is 4.20. The fourth-order valence-electron chi connectivity index (χ4n) is 1.22. The molecule has 2 rings (SSSR count). The first-order valence-corrected chi connectivity index (χ1v) is 5.74. The minimum Gasteiger partial charge on any atom is -0.311 e. The topological polar surface area (TPSA) is 55.6 Å². The highest BCUT2D eigenvalue weighted by molar-refractivity contribution is 7.09. The Kier molecular flexibility index (Phi) is 3.41.